The molecule has 0 radical (unpaired) electrons. The molecule has 5 heteroatoms. The molecule has 2 atom stereocenters. The minimum absolute atomic E-state index is 0.0930. The van der Waals surface area contributed by atoms with Gasteiger partial charge in [0, 0.05) is 6.07 Å². The molecule has 1 aliphatic rings. The SMILES string of the molecule is O=C(O)C1CCCC1Oc1ccc(F)cc1F. The molecule has 2 unspecified atom stereocenters. The van der Waals surface area contributed by atoms with Crippen LogP contribution in [0.2, 0.25) is 0 Å². The lowest BCUT2D eigenvalue weighted by atomic mass is 10.1. The van der Waals surface area contributed by atoms with Gasteiger partial charge in [-0.25, -0.2) is 8.78 Å². The van der Waals surface area contributed by atoms with E-state index in [9.17, 15) is 13.6 Å². The zero-order valence-corrected chi connectivity index (χ0v) is 9.03. The maximum absolute atomic E-state index is 13.3. The van der Waals surface area contributed by atoms with Crippen molar-refractivity contribution in [3.05, 3.63) is 29.8 Å². The van der Waals surface area contributed by atoms with Crippen molar-refractivity contribution < 1.29 is 23.4 Å². The molecule has 1 saturated carbocycles. The first-order chi connectivity index (χ1) is 8.08. The third-order valence-electron chi connectivity index (χ3n) is 2.94. The standard InChI is InChI=1S/C12H12F2O3/c13-7-4-5-11(9(14)6-7)17-10-3-1-2-8(10)12(15)16/h4-6,8,10H,1-3H2,(H,15,16). The first kappa shape index (κ1) is 11.8. The van der Waals surface area contributed by atoms with Crippen molar-refractivity contribution in [1.82, 2.24) is 0 Å². The molecule has 0 aliphatic heterocycles. The number of hydrogen-bond acceptors (Lipinski definition) is 2. The van der Waals surface area contributed by atoms with Crippen LogP contribution in [0.4, 0.5) is 8.78 Å². The Kier molecular flexibility index (Phi) is 3.26. The van der Waals surface area contributed by atoms with Crippen molar-refractivity contribution in [3.8, 4) is 5.75 Å². The maximum atomic E-state index is 13.3. The van der Waals surface area contributed by atoms with E-state index in [2.05, 4.69) is 0 Å². The molecule has 1 N–H and O–H groups in total. The van der Waals surface area contributed by atoms with Gasteiger partial charge in [-0.3, -0.25) is 4.79 Å². The van der Waals surface area contributed by atoms with E-state index in [1.54, 1.807) is 0 Å². The molecule has 0 heterocycles. The van der Waals surface area contributed by atoms with Gasteiger partial charge in [-0.05, 0) is 31.4 Å². The third kappa shape index (κ3) is 2.54. The molecule has 0 bridgehead atoms. The smallest absolute Gasteiger partial charge is 0.310 e. The molecular weight excluding hydrogens is 230 g/mol. The van der Waals surface area contributed by atoms with Gasteiger partial charge in [0.2, 0.25) is 0 Å². The van der Waals surface area contributed by atoms with Crippen LogP contribution in [-0.2, 0) is 4.79 Å². The lowest BCUT2D eigenvalue weighted by Gasteiger charge is -2.18. The molecule has 1 aromatic rings. The normalized spacial score (nSPS) is 23.6. The molecule has 1 fully saturated rings. The molecule has 3 nitrogen and oxygen atoms in total. The second-order valence-electron chi connectivity index (χ2n) is 4.11. The summed E-state index contributed by atoms with van der Waals surface area (Å²) in [6, 6.07) is 2.99. The highest BCUT2D eigenvalue weighted by atomic mass is 19.1. The zero-order chi connectivity index (χ0) is 12.4. The van der Waals surface area contributed by atoms with Crippen molar-refractivity contribution in [3.63, 3.8) is 0 Å². The highest BCUT2D eigenvalue weighted by molar-refractivity contribution is 5.71. The molecule has 0 saturated heterocycles. The van der Waals surface area contributed by atoms with E-state index in [0.29, 0.717) is 12.8 Å². The van der Waals surface area contributed by atoms with Crippen LogP contribution in [0.25, 0.3) is 0 Å². The number of carboxylic acid groups (broad SMARTS) is 1. The van der Waals surface area contributed by atoms with E-state index in [1.165, 1.54) is 6.07 Å². The van der Waals surface area contributed by atoms with Crippen LogP contribution in [0.1, 0.15) is 19.3 Å². The minimum Gasteiger partial charge on any atom is -0.486 e. The quantitative estimate of drug-likeness (QED) is 0.886. The van der Waals surface area contributed by atoms with E-state index in [0.717, 1.165) is 18.6 Å². The Morgan fingerprint density at radius 3 is 2.76 bits per heavy atom. The number of rotatable bonds is 3. The Balaban J connectivity index is 2.12. The van der Waals surface area contributed by atoms with Crippen LogP contribution in [0, 0.1) is 17.6 Å². The highest BCUT2D eigenvalue weighted by Crippen LogP contribution is 2.31. The average Bonchev–Trinajstić information content (AvgIpc) is 2.70. The predicted molar refractivity (Wildman–Crippen MR) is 55.8 cm³/mol. The van der Waals surface area contributed by atoms with E-state index in [4.69, 9.17) is 9.84 Å². The molecule has 0 aromatic heterocycles. The van der Waals surface area contributed by atoms with Crippen molar-refractivity contribution >= 4 is 5.97 Å². The number of benzene rings is 1. The molecule has 17 heavy (non-hydrogen) atoms. The minimum atomic E-state index is -0.935. The van der Waals surface area contributed by atoms with Gasteiger partial charge < -0.3 is 9.84 Å². The first-order valence-electron chi connectivity index (χ1n) is 5.42. The molecule has 0 amide bonds. The lowest BCUT2D eigenvalue weighted by molar-refractivity contribution is -0.144. The van der Waals surface area contributed by atoms with E-state index >= 15 is 0 Å². The highest BCUT2D eigenvalue weighted by Gasteiger charge is 2.35. The Morgan fingerprint density at radius 1 is 1.35 bits per heavy atom. The van der Waals surface area contributed by atoms with Gasteiger partial charge >= 0.3 is 5.97 Å². The number of carbonyl (C=O) groups is 1. The summed E-state index contributed by atoms with van der Waals surface area (Å²) < 4.78 is 31.3. The molecule has 1 aromatic carbocycles. The van der Waals surface area contributed by atoms with Crippen molar-refractivity contribution in [1.29, 1.82) is 0 Å². The van der Waals surface area contributed by atoms with E-state index in [-0.39, 0.29) is 5.75 Å². The van der Waals surface area contributed by atoms with Crippen LogP contribution in [0.3, 0.4) is 0 Å². The van der Waals surface area contributed by atoms with Gasteiger partial charge in [0.15, 0.2) is 11.6 Å². The van der Waals surface area contributed by atoms with Crippen LogP contribution in [-0.4, -0.2) is 17.2 Å². The number of halogens is 2. The summed E-state index contributed by atoms with van der Waals surface area (Å²) in [5, 5.41) is 8.94. The van der Waals surface area contributed by atoms with Crippen molar-refractivity contribution in [2.75, 3.05) is 0 Å². The lowest BCUT2D eigenvalue weighted by Crippen LogP contribution is -2.28. The maximum Gasteiger partial charge on any atom is 0.310 e. The predicted octanol–water partition coefficient (Wildman–Crippen LogP) is 2.60. The summed E-state index contributed by atoms with van der Waals surface area (Å²) in [4.78, 5) is 10.9. The van der Waals surface area contributed by atoms with Gasteiger partial charge in [-0.1, -0.05) is 0 Å². The van der Waals surface area contributed by atoms with Gasteiger partial charge in [0.25, 0.3) is 0 Å². The topological polar surface area (TPSA) is 46.5 Å². The molecule has 1 aliphatic carbocycles. The van der Waals surface area contributed by atoms with Crippen molar-refractivity contribution in [2.24, 2.45) is 5.92 Å². The fourth-order valence-electron chi connectivity index (χ4n) is 2.08. The monoisotopic (exact) mass is 242 g/mol. The fraction of sp³-hybridized carbons (Fsp3) is 0.417. The summed E-state index contributed by atoms with van der Waals surface area (Å²) >= 11 is 0. The first-order valence-corrected chi connectivity index (χ1v) is 5.42. The summed E-state index contributed by atoms with van der Waals surface area (Å²) in [5.41, 5.74) is 0. The number of carboxylic acids is 1. The van der Waals surface area contributed by atoms with Gasteiger partial charge in [0.05, 0.1) is 5.92 Å². The Hall–Kier alpha value is -1.65. The van der Waals surface area contributed by atoms with Crippen LogP contribution in [0.5, 0.6) is 5.75 Å². The largest absolute Gasteiger partial charge is 0.486 e. The number of hydrogen-bond donors (Lipinski definition) is 1. The summed E-state index contributed by atoms with van der Waals surface area (Å²) in [6.45, 7) is 0. The second kappa shape index (κ2) is 4.69. The average molecular weight is 242 g/mol. The molecule has 2 rings (SSSR count). The molecule has 0 spiro atoms. The van der Waals surface area contributed by atoms with Crippen molar-refractivity contribution in [2.45, 2.75) is 25.4 Å². The Bertz CT molecular complexity index is 434. The zero-order valence-electron chi connectivity index (χ0n) is 9.03. The summed E-state index contributed by atoms with van der Waals surface area (Å²) in [6.07, 6.45) is 1.31. The summed E-state index contributed by atoms with van der Waals surface area (Å²) in [7, 11) is 0. The Labute approximate surface area is 97.0 Å². The fourth-order valence-corrected chi connectivity index (χ4v) is 2.08. The van der Waals surface area contributed by atoms with Crippen LogP contribution >= 0.6 is 0 Å². The molecule has 92 valence electrons. The third-order valence-corrected chi connectivity index (χ3v) is 2.94. The van der Waals surface area contributed by atoms with Gasteiger partial charge in [0.1, 0.15) is 11.9 Å². The van der Waals surface area contributed by atoms with Gasteiger partial charge in [-0.15, -0.1) is 0 Å². The van der Waals surface area contributed by atoms with Gasteiger partial charge in [-0.2, -0.15) is 0 Å². The Morgan fingerprint density at radius 2 is 2.12 bits per heavy atom. The van der Waals surface area contributed by atoms with Crippen LogP contribution in [0.15, 0.2) is 18.2 Å². The molecular formula is C12H12F2O3. The second-order valence-corrected chi connectivity index (χ2v) is 4.11. The van der Waals surface area contributed by atoms with E-state index in [1.807, 2.05) is 0 Å². The van der Waals surface area contributed by atoms with Crippen LogP contribution < -0.4 is 4.74 Å². The number of ether oxygens (including phenoxy) is 1. The van der Waals surface area contributed by atoms with E-state index < -0.39 is 29.6 Å². The summed E-state index contributed by atoms with van der Waals surface area (Å²) in [5.74, 6) is -3.13. The number of aliphatic carboxylic acids is 1.